The maximum absolute atomic E-state index is 12.6. The Morgan fingerprint density at radius 2 is 2.00 bits per heavy atom. The highest BCUT2D eigenvalue weighted by atomic mass is 127. The number of fused-ring (bicyclic) bond motifs is 1. The van der Waals surface area contributed by atoms with E-state index >= 15 is 0 Å². The van der Waals surface area contributed by atoms with E-state index in [0.29, 0.717) is 17.0 Å². The number of rotatable bonds is 4. The van der Waals surface area contributed by atoms with Gasteiger partial charge >= 0.3 is 0 Å². The summed E-state index contributed by atoms with van der Waals surface area (Å²) in [6.45, 7) is 5.34. The van der Waals surface area contributed by atoms with E-state index in [-0.39, 0.29) is 5.91 Å². The number of aromatic nitrogens is 1. The number of benzene rings is 2. The number of halogens is 1. The fourth-order valence-corrected chi connectivity index (χ4v) is 4.26. The molecule has 0 aliphatic carbocycles. The predicted molar refractivity (Wildman–Crippen MR) is 106 cm³/mol. The molecule has 1 aromatic heterocycles. The van der Waals surface area contributed by atoms with Crippen molar-refractivity contribution in [2.75, 3.05) is 6.61 Å². The van der Waals surface area contributed by atoms with Gasteiger partial charge in [-0.1, -0.05) is 29.5 Å². The zero-order chi connectivity index (χ0) is 17.1. The quantitative estimate of drug-likeness (QED) is 0.549. The van der Waals surface area contributed by atoms with Gasteiger partial charge in [0.05, 0.1) is 16.9 Å². The largest absolute Gasteiger partial charge is 0.492 e. The van der Waals surface area contributed by atoms with E-state index in [1.54, 1.807) is 0 Å². The molecule has 6 heteroatoms. The second-order valence-corrected chi connectivity index (χ2v) is 7.23. The summed E-state index contributed by atoms with van der Waals surface area (Å²) in [7, 11) is 0. The van der Waals surface area contributed by atoms with Gasteiger partial charge in [0.1, 0.15) is 11.3 Å². The van der Waals surface area contributed by atoms with E-state index in [4.69, 9.17) is 4.74 Å². The van der Waals surface area contributed by atoms with Crippen LogP contribution in [-0.2, 0) is 6.54 Å². The molecular formula is C18H17IN2O2S. The Morgan fingerprint density at radius 3 is 2.71 bits per heavy atom. The Balaban J connectivity index is 2.18. The number of hydrogen-bond donors (Lipinski definition) is 0. The van der Waals surface area contributed by atoms with Crippen LogP contribution in [0.15, 0.2) is 47.5 Å². The van der Waals surface area contributed by atoms with Crippen LogP contribution < -0.4 is 9.54 Å². The van der Waals surface area contributed by atoms with E-state index in [2.05, 4.69) is 27.6 Å². The van der Waals surface area contributed by atoms with Crippen LogP contribution in [-0.4, -0.2) is 17.1 Å². The summed E-state index contributed by atoms with van der Waals surface area (Å²) in [4.78, 5) is 17.7. The standard InChI is InChI=1S/C18H17IN2O2S/c1-3-21-16-14(23-4-2)10-7-11-15(16)24-18(21)20-17(22)12-8-5-6-9-13(12)19/h5-11H,3-4H2,1-2H3. The van der Waals surface area contributed by atoms with Gasteiger partial charge < -0.3 is 9.30 Å². The van der Waals surface area contributed by atoms with Crippen molar-refractivity contribution in [3.8, 4) is 5.75 Å². The molecule has 24 heavy (non-hydrogen) atoms. The van der Waals surface area contributed by atoms with Crippen LogP contribution in [0.25, 0.3) is 10.2 Å². The van der Waals surface area contributed by atoms with Crippen LogP contribution in [0.1, 0.15) is 24.2 Å². The van der Waals surface area contributed by atoms with Gasteiger partial charge in [-0.05, 0) is 60.7 Å². The SMILES string of the molecule is CCOc1cccc2sc(=NC(=O)c3ccccc3I)n(CC)c12. The Bertz CT molecular complexity index is 959. The lowest BCUT2D eigenvalue weighted by molar-refractivity contribution is 0.0997. The molecule has 0 aliphatic heterocycles. The van der Waals surface area contributed by atoms with Gasteiger partial charge in [0.2, 0.25) is 0 Å². The molecule has 3 rings (SSSR count). The molecule has 0 radical (unpaired) electrons. The number of hydrogen-bond acceptors (Lipinski definition) is 3. The molecule has 0 spiro atoms. The lowest BCUT2D eigenvalue weighted by atomic mass is 10.2. The van der Waals surface area contributed by atoms with Gasteiger partial charge in [-0.15, -0.1) is 0 Å². The van der Waals surface area contributed by atoms with Gasteiger partial charge in [0, 0.05) is 10.1 Å². The van der Waals surface area contributed by atoms with Crippen molar-refractivity contribution in [1.82, 2.24) is 4.57 Å². The lowest BCUT2D eigenvalue weighted by Crippen LogP contribution is -2.16. The number of aryl methyl sites for hydroxylation is 1. The van der Waals surface area contributed by atoms with Gasteiger partial charge in [-0.2, -0.15) is 4.99 Å². The Labute approximate surface area is 157 Å². The average Bonchev–Trinajstić information content (AvgIpc) is 2.93. The maximum atomic E-state index is 12.6. The van der Waals surface area contributed by atoms with Crippen LogP contribution in [0, 0.1) is 3.57 Å². The molecule has 1 amide bonds. The van der Waals surface area contributed by atoms with Crippen molar-refractivity contribution in [2.45, 2.75) is 20.4 Å². The molecule has 124 valence electrons. The van der Waals surface area contributed by atoms with Crippen molar-refractivity contribution in [1.29, 1.82) is 0 Å². The minimum Gasteiger partial charge on any atom is -0.492 e. The van der Waals surface area contributed by atoms with Crippen molar-refractivity contribution >= 4 is 50.1 Å². The van der Waals surface area contributed by atoms with E-state index in [9.17, 15) is 4.79 Å². The van der Waals surface area contributed by atoms with Crippen LogP contribution in [0.3, 0.4) is 0 Å². The van der Waals surface area contributed by atoms with Gasteiger partial charge in [-0.25, -0.2) is 0 Å². The first kappa shape index (κ1) is 17.2. The van der Waals surface area contributed by atoms with Crippen molar-refractivity contribution < 1.29 is 9.53 Å². The summed E-state index contributed by atoms with van der Waals surface area (Å²) in [6, 6.07) is 13.4. The average molecular weight is 452 g/mol. The normalized spacial score (nSPS) is 11.9. The van der Waals surface area contributed by atoms with Crippen LogP contribution >= 0.6 is 33.9 Å². The molecule has 3 aromatic rings. The molecule has 0 atom stereocenters. The Hall–Kier alpha value is -1.67. The van der Waals surface area contributed by atoms with Crippen molar-refractivity contribution in [2.24, 2.45) is 4.99 Å². The van der Waals surface area contributed by atoms with Crippen LogP contribution in [0.2, 0.25) is 0 Å². The van der Waals surface area contributed by atoms with E-state index in [0.717, 1.165) is 26.1 Å². The van der Waals surface area contributed by atoms with Crippen LogP contribution in [0.4, 0.5) is 0 Å². The summed E-state index contributed by atoms with van der Waals surface area (Å²) in [5.74, 6) is 0.614. The molecule has 2 aromatic carbocycles. The zero-order valence-electron chi connectivity index (χ0n) is 13.5. The second kappa shape index (κ2) is 7.48. The Morgan fingerprint density at radius 1 is 1.21 bits per heavy atom. The molecule has 0 saturated carbocycles. The van der Waals surface area contributed by atoms with E-state index in [1.165, 1.54) is 11.3 Å². The minimum atomic E-state index is -0.216. The van der Waals surface area contributed by atoms with Gasteiger partial charge in [0.25, 0.3) is 5.91 Å². The van der Waals surface area contributed by atoms with Crippen molar-refractivity contribution in [3.05, 3.63) is 56.4 Å². The molecule has 1 heterocycles. The molecule has 4 nitrogen and oxygen atoms in total. The van der Waals surface area contributed by atoms with Crippen molar-refractivity contribution in [3.63, 3.8) is 0 Å². The van der Waals surface area contributed by atoms with Gasteiger partial charge in [-0.3, -0.25) is 4.79 Å². The van der Waals surface area contributed by atoms with E-state index < -0.39 is 0 Å². The number of nitrogens with zero attached hydrogens (tertiary/aromatic N) is 2. The third-order valence-corrected chi connectivity index (χ3v) is 5.57. The second-order valence-electron chi connectivity index (χ2n) is 5.06. The fourth-order valence-electron chi connectivity index (χ4n) is 2.53. The summed E-state index contributed by atoms with van der Waals surface area (Å²) < 4.78 is 9.75. The Kier molecular flexibility index (Phi) is 5.35. The molecule has 0 N–H and O–H groups in total. The molecule has 0 bridgehead atoms. The monoisotopic (exact) mass is 452 g/mol. The number of thiazole rings is 1. The third kappa shape index (κ3) is 3.25. The first-order valence-corrected chi connectivity index (χ1v) is 9.64. The first-order valence-electron chi connectivity index (χ1n) is 7.74. The highest BCUT2D eigenvalue weighted by Crippen LogP contribution is 2.27. The minimum absolute atomic E-state index is 0.216. The summed E-state index contributed by atoms with van der Waals surface area (Å²) in [5, 5.41) is 0. The predicted octanol–water partition coefficient (Wildman–Crippen LogP) is 4.47. The maximum Gasteiger partial charge on any atom is 0.280 e. The topological polar surface area (TPSA) is 43.6 Å². The smallest absolute Gasteiger partial charge is 0.280 e. The van der Waals surface area contributed by atoms with Gasteiger partial charge in [0.15, 0.2) is 4.80 Å². The highest BCUT2D eigenvalue weighted by Gasteiger charge is 2.13. The molecule has 0 saturated heterocycles. The van der Waals surface area contributed by atoms with Crippen LogP contribution in [0.5, 0.6) is 5.75 Å². The number of ether oxygens (including phenoxy) is 1. The third-order valence-electron chi connectivity index (χ3n) is 3.58. The molecular weight excluding hydrogens is 435 g/mol. The summed E-state index contributed by atoms with van der Waals surface area (Å²) >= 11 is 3.67. The molecule has 0 unspecified atom stereocenters. The number of para-hydroxylation sites is 1. The zero-order valence-corrected chi connectivity index (χ0v) is 16.4. The summed E-state index contributed by atoms with van der Waals surface area (Å²) in [5.41, 5.74) is 1.63. The highest BCUT2D eigenvalue weighted by molar-refractivity contribution is 14.1. The first-order chi connectivity index (χ1) is 11.7. The fraction of sp³-hybridized carbons (Fsp3) is 0.222. The number of carbonyl (C=O) groups is 1. The number of amides is 1. The summed E-state index contributed by atoms with van der Waals surface area (Å²) in [6.07, 6.45) is 0. The lowest BCUT2D eigenvalue weighted by Gasteiger charge is -2.07. The van der Waals surface area contributed by atoms with E-state index in [1.807, 2.05) is 60.9 Å². The number of carbonyl (C=O) groups excluding carboxylic acids is 1. The molecule has 0 fully saturated rings. The molecule has 0 aliphatic rings.